The van der Waals surface area contributed by atoms with Gasteiger partial charge in [-0.2, -0.15) is 5.10 Å². The summed E-state index contributed by atoms with van der Waals surface area (Å²) in [5.74, 6) is 0.413. The van der Waals surface area contributed by atoms with Crippen LogP contribution in [0.2, 0.25) is 0 Å². The highest BCUT2D eigenvalue weighted by Crippen LogP contribution is 2.29. The zero-order chi connectivity index (χ0) is 17.8. The topological polar surface area (TPSA) is 38.1 Å². The highest BCUT2D eigenvalue weighted by atomic mass is 16.2. The summed E-state index contributed by atoms with van der Waals surface area (Å²) in [6, 6.07) is 10.2. The molecule has 1 aromatic carbocycles. The van der Waals surface area contributed by atoms with E-state index in [1.54, 1.807) is 0 Å². The van der Waals surface area contributed by atoms with E-state index in [4.69, 9.17) is 5.10 Å². The molecule has 2 aromatic rings. The lowest BCUT2D eigenvalue weighted by molar-refractivity contribution is 0.0721. The minimum Gasteiger partial charge on any atom is -0.339 e. The van der Waals surface area contributed by atoms with Crippen molar-refractivity contribution in [3.8, 4) is 5.69 Å². The molecule has 1 fully saturated rings. The fourth-order valence-corrected chi connectivity index (χ4v) is 3.68. The number of amides is 1. The molecule has 3 rings (SSSR count). The molecule has 4 nitrogen and oxygen atoms in total. The third kappa shape index (κ3) is 3.63. The average molecular weight is 339 g/mol. The SMILES string of the molecule is CCCc1nn(-c2ccccc2)c(C(C)C)c1C(=O)N1CCCCC1. The molecule has 1 amide bonds. The number of hydrogen-bond acceptors (Lipinski definition) is 2. The molecule has 4 heteroatoms. The second kappa shape index (κ2) is 7.85. The van der Waals surface area contributed by atoms with Crippen molar-refractivity contribution >= 4 is 5.91 Å². The van der Waals surface area contributed by atoms with Gasteiger partial charge in [0.1, 0.15) is 0 Å². The Hall–Kier alpha value is -2.10. The van der Waals surface area contributed by atoms with E-state index in [-0.39, 0.29) is 11.8 Å². The molecule has 0 unspecified atom stereocenters. The van der Waals surface area contributed by atoms with Crippen LogP contribution >= 0.6 is 0 Å². The molecule has 1 saturated heterocycles. The van der Waals surface area contributed by atoms with Crippen molar-refractivity contribution in [1.82, 2.24) is 14.7 Å². The smallest absolute Gasteiger partial charge is 0.257 e. The first-order valence-electron chi connectivity index (χ1n) is 9.60. The van der Waals surface area contributed by atoms with Gasteiger partial charge in [-0.1, -0.05) is 45.4 Å². The van der Waals surface area contributed by atoms with Crippen molar-refractivity contribution < 1.29 is 4.79 Å². The van der Waals surface area contributed by atoms with Crippen LogP contribution in [0.1, 0.15) is 74.1 Å². The number of piperidine rings is 1. The van der Waals surface area contributed by atoms with Crippen molar-refractivity contribution in [3.63, 3.8) is 0 Å². The molecular weight excluding hydrogens is 310 g/mol. The molecule has 2 heterocycles. The second-order valence-electron chi connectivity index (χ2n) is 7.21. The molecule has 0 radical (unpaired) electrons. The number of para-hydroxylation sites is 1. The van der Waals surface area contributed by atoms with Crippen molar-refractivity contribution in [1.29, 1.82) is 0 Å². The molecule has 1 aliphatic heterocycles. The van der Waals surface area contributed by atoms with Gasteiger partial charge in [-0.25, -0.2) is 4.68 Å². The van der Waals surface area contributed by atoms with Crippen molar-refractivity contribution in [3.05, 3.63) is 47.3 Å². The standard InChI is InChI=1S/C21H29N3O/c1-4-11-18-19(21(25)23-14-9-6-10-15-23)20(16(2)3)24(22-18)17-12-7-5-8-13-17/h5,7-8,12-13,16H,4,6,9-11,14-15H2,1-3H3. The first kappa shape index (κ1) is 17.7. The largest absolute Gasteiger partial charge is 0.339 e. The van der Waals surface area contributed by atoms with E-state index in [0.29, 0.717) is 0 Å². The van der Waals surface area contributed by atoms with Crippen molar-refractivity contribution in [2.45, 2.75) is 58.8 Å². The van der Waals surface area contributed by atoms with E-state index < -0.39 is 0 Å². The van der Waals surface area contributed by atoms with Gasteiger partial charge in [-0.3, -0.25) is 4.79 Å². The lowest BCUT2D eigenvalue weighted by Crippen LogP contribution is -2.36. The molecule has 0 bridgehead atoms. The maximum absolute atomic E-state index is 13.3. The van der Waals surface area contributed by atoms with Crippen LogP contribution in [-0.4, -0.2) is 33.7 Å². The van der Waals surface area contributed by atoms with Crippen LogP contribution < -0.4 is 0 Å². The first-order chi connectivity index (χ1) is 12.1. The predicted octanol–water partition coefficient (Wildman–Crippen LogP) is 4.57. The van der Waals surface area contributed by atoms with Gasteiger partial charge in [0.05, 0.1) is 22.6 Å². The number of rotatable bonds is 5. The van der Waals surface area contributed by atoms with Crippen molar-refractivity contribution in [2.24, 2.45) is 0 Å². The van der Waals surface area contributed by atoms with Gasteiger partial charge in [-0.15, -0.1) is 0 Å². The Kier molecular flexibility index (Phi) is 5.57. The highest BCUT2D eigenvalue weighted by Gasteiger charge is 2.29. The Labute approximate surface area is 150 Å². The van der Waals surface area contributed by atoms with E-state index in [1.807, 2.05) is 27.8 Å². The lowest BCUT2D eigenvalue weighted by Gasteiger charge is -2.27. The van der Waals surface area contributed by atoms with E-state index in [2.05, 4.69) is 32.9 Å². The van der Waals surface area contributed by atoms with E-state index in [0.717, 1.165) is 61.4 Å². The first-order valence-corrected chi connectivity index (χ1v) is 9.60. The van der Waals surface area contributed by atoms with Gasteiger partial charge in [0.2, 0.25) is 0 Å². The molecule has 134 valence electrons. The fourth-order valence-electron chi connectivity index (χ4n) is 3.68. The summed E-state index contributed by atoms with van der Waals surface area (Å²) >= 11 is 0. The lowest BCUT2D eigenvalue weighted by atomic mass is 9.99. The number of hydrogen-bond donors (Lipinski definition) is 0. The molecule has 25 heavy (non-hydrogen) atoms. The van der Waals surface area contributed by atoms with Crippen LogP contribution in [-0.2, 0) is 6.42 Å². The zero-order valence-corrected chi connectivity index (χ0v) is 15.7. The number of aromatic nitrogens is 2. The summed E-state index contributed by atoms with van der Waals surface area (Å²) in [5, 5.41) is 4.88. The number of carbonyl (C=O) groups excluding carboxylic acids is 1. The third-order valence-corrected chi connectivity index (χ3v) is 4.89. The minimum atomic E-state index is 0.175. The van der Waals surface area contributed by atoms with Gasteiger partial charge < -0.3 is 4.90 Å². The predicted molar refractivity (Wildman–Crippen MR) is 101 cm³/mol. The summed E-state index contributed by atoms with van der Waals surface area (Å²) in [7, 11) is 0. The fraction of sp³-hybridized carbons (Fsp3) is 0.524. The molecule has 0 spiro atoms. The second-order valence-corrected chi connectivity index (χ2v) is 7.21. The van der Waals surface area contributed by atoms with Crippen LogP contribution in [0.5, 0.6) is 0 Å². The average Bonchev–Trinajstić information content (AvgIpc) is 3.02. The molecule has 0 saturated carbocycles. The normalized spacial score (nSPS) is 15.0. The number of carbonyl (C=O) groups is 1. The van der Waals surface area contributed by atoms with Crippen LogP contribution in [0.15, 0.2) is 30.3 Å². The molecule has 0 N–H and O–H groups in total. The van der Waals surface area contributed by atoms with Crippen LogP contribution in [0.3, 0.4) is 0 Å². The van der Waals surface area contributed by atoms with Gasteiger partial charge in [0.15, 0.2) is 0 Å². The Morgan fingerprint density at radius 1 is 1.12 bits per heavy atom. The monoisotopic (exact) mass is 339 g/mol. The molecule has 0 aliphatic carbocycles. The number of nitrogens with zero attached hydrogens (tertiary/aromatic N) is 3. The molecule has 1 aliphatic rings. The van der Waals surface area contributed by atoms with E-state index >= 15 is 0 Å². The zero-order valence-electron chi connectivity index (χ0n) is 15.7. The maximum atomic E-state index is 13.3. The minimum absolute atomic E-state index is 0.175. The summed E-state index contributed by atoms with van der Waals surface area (Å²) < 4.78 is 1.99. The molecular formula is C21H29N3O. The van der Waals surface area contributed by atoms with Crippen LogP contribution in [0.25, 0.3) is 5.69 Å². The van der Waals surface area contributed by atoms with Crippen LogP contribution in [0, 0.1) is 0 Å². The van der Waals surface area contributed by atoms with Gasteiger partial charge in [0.25, 0.3) is 5.91 Å². The molecule has 0 atom stereocenters. The summed E-state index contributed by atoms with van der Waals surface area (Å²) in [5.41, 5.74) is 3.87. The van der Waals surface area contributed by atoms with Crippen molar-refractivity contribution in [2.75, 3.05) is 13.1 Å². The third-order valence-electron chi connectivity index (χ3n) is 4.89. The number of benzene rings is 1. The maximum Gasteiger partial charge on any atom is 0.257 e. The number of aryl methyl sites for hydroxylation is 1. The summed E-state index contributed by atoms with van der Waals surface area (Å²) in [6.45, 7) is 8.20. The van der Waals surface area contributed by atoms with E-state index in [1.165, 1.54) is 6.42 Å². The van der Waals surface area contributed by atoms with Gasteiger partial charge in [-0.05, 0) is 43.7 Å². The Morgan fingerprint density at radius 3 is 2.40 bits per heavy atom. The molecule has 1 aromatic heterocycles. The summed E-state index contributed by atoms with van der Waals surface area (Å²) in [4.78, 5) is 15.4. The Bertz CT molecular complexity index is 712. The van der Waals surface area contributed by atoms with E-state index in [9.17, 15) is 4.79 Å². The highest BCUT2D eigenvalue weighted by molar-refractivity contribution is 5.97. The Balaban J connectivity index is 2.11. The van der Waals surface area contributed by atoms with Crippen LogP contribution in [0.4, 0.5) is 0 Å². The van der Waals surface area contributed by atoms with Gasteiger partial charge >= 0.3 is 0 Å². The Morgan fingerprint density at radius 2 is 1.80 bits per heavy atom. The summed E-state index contributed by atoms with van der Waals surface area (Å²) in [6.07, 6.45) is 5.28. The van der Waals surface area contributed by atoms with Gasteiger partial charge in [0, 0.05) is 13.1 Å². The quantitative estimate of drug-likeness (QED) is 0.800. The number of likely N-dealkylation sites (tertiary alicyclic amines) is 1.